The number of rotatable bonds is 8. The van der Waals surface area contributed by atoms with Gasteiger partial charge in [0, 0.05) is 31.9 Å². The predicted octanol–water partition coefficient (Wildman–Crippen LogP) is 1.55. The molecule has 0 heterocycles. The highest BCUT2D eigenvalue weighted by Gasteiger charge is 2.10. The Morgan fingerprint density at radius 3 is 2.85 bits per heavy atom. The molecule has 1 aromatic rings. The summed E-state index contributed by atoms with van der Waals surface area (Å²) >= 11 is 0. The van der Waals surface area contributed by atoms with Crippen LogP contribution in [0.25, 0.3) is 0 Å². The van der Waals surface area contributed by atoms with Crippen LogP contribution in [0.3, 0.4) is 0 Å². The molecule has 5 nitrogen and oxygen atoms in total. The number of nitrogens with one attached hydrogen (secondary N) is 1. The molecule has 0 aliphatic rings. The number of hydrogen-bond acceptors (Lipinski definition) is 4. The Balaban J connectivity index is 2.48. The van der Waals surface area contributed by atoms with E-state index in [4.69, 9.17) is 15.2 Å². The Morgan fingerprint density at radius 2 is 2.20 bits per heavy atom. The van der Waals surface area contributed by atoms with Gasteiger partial charge in [-0.1, -0.05) is 12.1 Å². The molecule has 112 valence electrons. The van der Waals surface area contributed by atoms with E-state index in [0.717, 1.165) is 17.5 Å². The molecule has 0 saturated carbocycles. The zero-order valence-corrected chi connectivity index (χ0v) is 12.4. The first kappa shape index (κ1) is 16.5. The summed E-state index contributed by atoms with van der Waals surface area (Å²) in [5, 5.41) is 2.78. The maximum Gasteiger partial charge on any atom is 0.257 e. The topological polar surface area (TPSA) is 73.6 Å². The molecule has 0 bridgehead atoms. The second-order valence-electron chi connectivity index (χ2n) is 4.81. The SMILES string of the molecule is COCCCNC(=O)COc1cc(C)ccc1[C@H](C)N. The van der Waals surface area contributed by atoms with Crippen molar-refractivity contribution >= 4 is 5.91 Å². The van der Waals surface area contributed by atoms with Crippen LogP contribution in [0.15, 0.2) is 18.2 Å². The van der Waals surface area contributed by atoms with Gasteiger partial charge in [-0.3, -0.25) is 4.79 Å². The largest absolute Gasteiger partial charge is 0.483 e. The van der Waals surface area contributed by atoms with E-state index in [9.17, 15) is 4.79 Å². The highest BCUT2D eigenvalue weighted by atomic mass is 16.5. The molecule has 0 aromatic heterocycles. The molecular weight excluding hydrogens is 256 g/mol. The van der Waals surface area contributed by atoms with Gasteiger partial charge in [0.15, 0.2) is 6.61 Å². The van der Waals surface area contributed by atoms with Crippen LogP contribution in [0.2, 0.25) is 0 Å². The fourth-order valence-electron chi connectivity index (χ4n) is 1.78. The number of ether oxygens (including phenoxy) is 2. The summed E-state index contributed by atoms with van der Waals surface area (Å²) in [5.74, 6) is 0.533. The maximum atomic E-state index is 11.6. The van der Waals surface area contributed by atoms with Crippen LogP contribution in [0.4, 0.5) is 0 Å². The molecule has 5 heteroatoms. The van der Waals surface area contributed by atoms with E-state index in [0.29, 0.717) is 18.9 Å². The summed E-state index contributed by atoms with van der Waals surface area (Å²) in [5.41, 5.74) is 7.87. The monoisotopic (exact) mass is 280 g/mol. The Labute approximate surface area is 120 Å². The fourth-order valence-corrected chi connectivity index (χ4v) is 1.78. The molecule has 20 heavy (non-hydrogen) atoms. The minimum absolute atomic E-state index is 0.00381. The summed E-state index contributed by atoms with van der Waals surface area (Å²) in [6.45, 7) is 5.08. The summed E-state index contributed by atoms with van der Waals surface area (Å²) in [4.78, 5) is 11.6. The van der Waals surface area contributed by atoms with Gasteiger partial charge in [0.1, 0.15) is 5.75 Å². The number of nitrogens with two attached hydrogens (primary N) is 1. The zero-order chi connectivity index (χ0) is 15.0. The maximum absolute atomic E-state index is 11.6. The van der Waals surface area contributed by atoms with E-state index in [1.54, 1.807) is 7.11 Å². The van der Waals surface area contributed by atoms with E-state index < -0.39 is 0 Å². The zero-order valence-electron chi connectivity index (χ0n) is 12.4. The number of carbonyl (C=O) groups excluding carboxylic acids is 1. The molecule has 0 fully saturated rings. The second kappa shape index (κ2) is 8.55. The third-order valence-corrected chi connectivity index (χ3v) is 2.87. The van der Waals surface area contributed by atoms with Crippen LogP contribution in [0.1, 0.15) is 30.5 Å². The minimum atomic E-state index is -0.141. The molecular formula is C15H24N2O3. The van der Waals surface area contributed by atoms with Gasteiger partial charge in [0.2, 0.25) is 0 Å². The van der Waals surface area contributed by atoms with Gasteiger partial charge in [0.05, 0.1) is 0 Å². The first-order valence-corrected chi connectivity index (χ1v) is 6.79. The lowest BCUT2D eigenvalue weighted by molar-refractivity contribution is -0.123. The minimum Gasteiger partial charge on any atom is -0.483 e. The van der Waals surface area contributed by atoms with Crippen molar-refractivity contribution in [2.45, 2.75) is 26.3 Å². The van der Waals surface area contributed by atoms with Crippen LogP contribution in [-0.2, 0) is 9.53 Å². The highest BCUT2D eigenvalue weighted by molar-refractivity contribution is 5.77. The molecule has 1 rings (SSSR count). The third kappa shape index (κ3) is 5.59. The average Bonchev–Trinajstić information content (AvgIpc) is 2.41. The Morgan fingerprint density at radius 1 is 1.45 bits per heavy atom. The summed E-state index contributed by atoms with van der Waals surface area (Å²) in [6, 6.07) is 5.69. The van der Waals surface area contributed by atoms with Gasteiger partial charge in [-0.25, -0.2) is 0 Å². The molecule has 0 saturated heterocycles. The molecule has 0 aliphatic heterocycles. The molecule has 1 aromatic carbocycles. The number of hydrogen-bond donors (Lipinski definition) is 2. The van der Waals surface area contributed by atoms with Crippen LogP contribution in [0, 0.1) is 6.92 Å². The van der Waals surface area contributed by atoms with Crippen molar-refractivity contribution in [1.29, 1.82) is 0 Å². The van der Waals surface area contributed by atoms with Crippen LogP contribution < -0.4 is 15.8 Å². The van der Waals surface area contributed by atoms with Crippen molar-refractivity contribution in [1.82, 2.24) is 5.32 Å². The molecule has 0 aliphatic carbocycles. The fraction of sp³-hybridized carbons (Fsp3) is 0.533. The van der Waals surface area contributed by atoms with Crippen molar-refractivity contribution in [3.63, 3.8) is 0 Å². The molecule has 0 spiro atoms. The smallest absolute Gasteiger partial charge is 0.257 e. The highest BCUT2D eigenvalue weighted by Crippen LogP contribution is 2.24. The normalized spacial score (nSPS) is 12.0. The van der Waals surface area contributed by atoms with Crippen LogP contribution >= 0.6 is 0 Å². The van der Waals surface area contributed by atoms with Gasteiger partial charge in [0.25, 0.3) is 5.91 Å². The van der Waals surface area contributed by atoms with E-state index in [2.05, 4.69) is 5.32 Å². The second-order valence-corrected chi connectivity index (χ2v) is 4.81. The third-order valence-electron chi connectivity index (χ3n) is 2.87. The lowest BCUT2D eigenvalue weighted by Gasteiger charge is -2.14. The van der Waals surface area contributed by atoms with Gasteiger partial charge in [-0.15, -0.1) is 0 Å². The van der Waals surface area contributed by atoms with Crippen molar-refractivity contribution in [2.75, 3.05) is 26.9 Å². The number of carbonyl (C=O) groups is 1. The van der Waals surface area contributed by atoms with Crippen molar-refractivity contribution in [3.8, 4) is 5.75 Å². The Hall–Kier alpha value is -1.59. The quantitative estimate of drug-likeness (QED) is 0.709. The van der Waals surface area contributed by atoms with Gasteiger partial charge < -0.3 is 20.5 Å². The lowest BCUT2D eigenvalue weighted by Crippen LogP contribution is -2.30. The van der Waals surface area contributed by atoms with Crippen molar-refractivity contribution in [3.05, 3.63) is 29.3 Å². The van der Waals surface area contributed by atoms with Gasteiger partial charge in [-0.2, -0.15) is 0 Å². The van der Waals surface area contributed by atoms with Crippen LogP contribution in [-0.4, -0.2) is 32.8 Å². The Bertz CT molecular complexity index is 433. The first-order chi connectivity index (χ1) is 9.54. The molecule has 3 N–H and O–H groups in total. The van der Waals surface area contributed by atoms with E-state index in [-0.39, 0.29) is 18.6 Å². The predicted molar refractivity (Wildman–Crippen MR) is 78.8 cm³/mol. The number of amides is 1. The molecule has 0 radical (unpaired) electrons. The number of methoxy groups -OCH3 is 1. The Kier molecular flexibility index (Phi) is 7.04. The van der Waals surface area contributed by atoms with E-state index in [1.165, 1.54) is 0 Å². The summed E-state index contributed by atoms with van der Waals surface area (Å²) in [7, 11) is 1.64. The summed E-state index contributed by atoms with van der Waals surface area (Å²) in [6.07, 6.45) is 0.789. The number of benzene rings is 1. The van der Waals surface area contributed by atoms with Crippen molar-refractivity contribution in [2.24, 2.45) is 5.73 Å². The average molecular weight is 280 g/mol. The van der Waals surface area contributed by atoms with Crippen LogP contribution in [0.5, 0.6) is 5.75 Å². The van der Waals surface area contributed by atoms with E-state index >= 15 is 0 Å². The summed E-state index contributed by atoms with van der Waals surface area (Å²) < 4.78 is 10.5. The lowest BCUT2D eigenvalue weighted by atomic mass is 10.1. The molecule has 1 amide bonds. The van der Waals surface area contributed by atoms with Gasteiger partial charge in [-0.05, 0) is 31.9 Å². The first-order valence-electron chi connectivity index (χ1n) is 6.79. The molecule has 0 unspecified atom stereocenters. The molecule has 1 atom stereocenters. The standard InChI is InChI=1S/C15H24N2O3/c1-11-5-6-13(12(2)16)14(9-11)20-10-15(18)17-7-4-8-19-3/h5-6,9,12H,4,7-8,10,16H2,1-3H3,(H,17,18)/t12-/m0/s1. The van der Waals surface area contributed by atoms with Crippen molar-refractivity contribution < 1.29 is 14.3 Å². The van der Waals surface area contributed by atoms with E-state index in [1.807, 2.05) is 32.0 Å². The van der Waals surface area contributed by atoms with Gasteiger partial charge >= 0.3 is 0 Å². The number of aryl methyl sites for hydroxylation is 1.